The van der Waals surface area contributed by atoms with E-state index in [1.165, 1.54) is 22.7 Å². The van der Waals surface area contributed by atoms with Crippen molar-refractivity contribution in [3.05, 3.63) is 121 Å². The number of benzene rings is 4. The molecule has 0 aromatic heterocycles. The number of piperidine rings is 4. The predicted molar refractivity (Wildman–Crippen MR) is 246 cm³/mol. The standard InChI is InChI=1S/C50H62N6O4/c57-47-21-29-51(30-22-47)37-1-9-41(10-2-37)55(42-11-3-38(4-12-42)52-31-23-48(58)24-32-52)45-17-19-46(20-18-45)56(43-13-5-39(6-14-43)53-33-25-49(59)26-34-53)44-15-7-40(8-16-44)54-35-27-50(60)28-36-54/h1-20,45-50,57-60H,21-36H2. The Morgan fingerprint density at radius 3 is 0.667 bits per heavy atom. The highest BCUT2D eigenvalue weighted by atomic mass is 16.3. The highest BCUT2D eigenvalue weighted by molar-refractivity contribution is 5.73. The van der Waals surface area contributed by atoms with Gasteiger partial charge in [-0.25, -0.2) is 0 Å². The van der Waals surface area contributed by atoms with Crippen LogP contribution in [-0.2, 0) is 0 Å². The first-order chi connectivity index (χ1) is 29.3. The van der Waals surface area contributed by atoms with E-state index in [9.17, 15) is 20.4 Å². The summed E-state index contributed by atoms with van der Waals surface area (Å²) in [6.45, 7) is 6.90. The molecule has 0 radical (unpaired) electrons. The van der Waals surface area contributed by atoms with Crippen molar-refractivity contribution in [3.63, 3.8) is 0 Å². The lowest BCUT2D eigenvalue weighted by molar-refractivity contribution is 0.145. The van der Waals surface area contributed by atoms with Gasteiger partial charge in [-0.3, -0.25) is 0 Å². The molecule has 4 heterocycles. The molecule has 0 spiro atoms. The van der Waals surface area contributed by atoms with E-state index >= 15 is 0 Å². The fraction of sp³-hybridized carbons (Fsp3) is 0.440. The van der Waals surface area contributed by atoms with E-state index < -0.39 is 0 Å². The summed E-state index contributed by atoms with van der Waals surface area (Å²) in [5.41, 5.74) is 9.19. The Kier molecular flexibility index (Phi) is 12.3. The molecule has 4 N–H and O–H groups in total. The van der Waals surface area contributed by atoms with Gasteiger partial charge in [0, 0.05) is 97.9 Å². The minimum absolute atomic E-state index is 0.0243. The Labute approximate surface area is 355 Å². The third-order valence-electron chi connectivity index (χ3n) is 13.4. The third-order valence-corrected chi connectivity index (χ3v) is 13.4. The van der Waals surface area contributed by atoms with Gasteiger partial charge in [-0.05, 0) is 148 Å². The Morgan fingerprint density at radius 1 is 0.300 bits per heavy atom. The summed E-state index contributed by atoms with van der Waals surface area (Å²) in [4.78, 5) is 14.3. The first-order valence-electron chi connectivity index (χ1n) is 22.4. The van der Waals surface area contributed by atoms with E-state index in [1.54, 1.807) is 0 Å². The van der Waals surface area contributed by atoms with Crippen molar-refractivity contribution < 1.29 is 20.4 Å². The lowest BCUT2D eigenvalue weighted by Crippen LogP contribution is -2.36. The molecule has 4 aliphatic heterocycles. The van der Waals surface area contributed by atoms with Crippen LogP contribution in [0.1, 0.15) is 51.4 Å². The highest BCUT2D eigenvalue weighted by Crippen LogP contribution is 2.37. The monoisotopic (exact) mass is 810 g/mol. The summed E-state index contributed by atoms with van der Waals surface area (Å²) in [6, 6.07) is 35.6. The Bertz CT molecular complexity index is 1730. The second-order valence-corrected chi connectivity index (χ2v) is 17.4. The molecule has 9 rings (SSSR count). The fourth-order valence-electron chi connectivity index (χ4n) is 9.71. The van der Waals surface area contributed by atoms with Gasteiger partial charge in [0.1, 0.15) is 0 Å². The lowest BCUT2D eigenvalue weighted by atomic mass is 10.0. The second kappa shape index (κ2) is 18.3. The molecule has 4 fully saturated rings. The molecular weight excluding hydrogens is 749 g/mol. The first kappa shape index (κ1) is 40.4. The molecule has 60 heavy (non-hydrogen) atoms. The summed E-state index contributed by atoms with van der Waals surface area (Å²) in [6.07, 6.45) is 14.9. The van der Waals surface area contributed by atoms with Crippen LogP contribution in [0, 0.1) is 0 Å². The molecule has 0 atom stereocenters. The van der Waals surface area contributed by atoms with Crippen LogP contribution in [0.4, 0.5) is 45.5 Å². The molecule has 0 saturated carbocycles. The summed E-state index contributed by atoms with van der Waals surface area (Å²) >= 11 is 0. The molecule has 0 amide bonds. The van der Waals surface area contributed by atoms with Gasteiger partial charge in [-0.15, -0.1) is 0 Å². The SMILES string of the molecule is OC1CCN(c2ccc(N(c3ccc(N4CCC(O)CC4)cc3)C3C=CC(N(c4ccc(N5CCC(O)CC5)cc4)c4ccc(N5CCC(O)CC5)cc4)C=C3)cc2)CC1. The Morgan fingerprint density at radius 2 is 0.483 bits per heavy atom. The van der Waals surface area contributed by atoms with Crippen molar-refractivity contribution in [3.8, 4) is 0 Å². The quantitative estimate of drug-likeness (QED) is 0.122. The van der Waals surface area contributed by atoms with Crippen LogP contribution in [0.15, 0.2) is 121 Å². The zero-order valence-corrected chi connectivity index (χ0v) is 34.8. The molecule has 0 unspecified atom stereocenters. The molecule has 316 valence electrons. The van der Waals surface area contributed by atoms with E-state index in [0.717, 1.165) is 126 Å². The minimum atomic E-state index is -0.205. The van der Waals surface area contributed by atoms with Gasteiger partial charge < -0.3 is 49.8 Å². The van der Waals surface area contributed by atoms with Crippen molar-refractivity contribution in [1.82, 2.24) is 0 Å². The van der Waals surface area contributed by atoms with Crippen LogP contribution >= 0.6 is 0 Å². The van der Waals surface area contributed by atoms with Crippen LogP contribution in [-0.4, -0.2) is 109 Å². The maximum atomic E-state index is 10.1. The molecule has 0 bridgehead atoms. The predicted octanol–water partition coefficient (Wildman–Crippen LogP) is 7.37. The number of rotatable bonds is 10. The molecule has 10 heteroatoms. The maximum absolute atomic E-state index is 10.1. The van der Waals surface area contributed by atoms with E-state index in [0.29, 0.717) is 0 Å². The normalized spacial score (nSPS) is 22.4. The zero-order valence-electron chi connectivity index (χ0n) is 34.8. The number of aliphatic hydroxyl groups excluding tert-OH is 4. The topological polar surface area (TPSA) is 100 Å². The second-order valence-electron chi connectivity index (χ2n) is 17.4. The van der Waals surface area contributed by atoms with E-state index in [4.69, 9.17) is 0 Å². The summed E-state index contributed by atoms with van der Waals surface area (Å²) in [5, 5.41) is 40.4. The minimum Gasteiger partial charge on any atom is -0.393 e. The molecule has 4 saturated heterocycles. The average Bonchev–Trinajstić information content (AvgIpc) is 3.29. The molecule has 4 aromatic rings. The van der Waals surface area contributed by atoms with Crippen LogP contribution in [0.2, 0.25) is 0 Å². The van der Waals surface area contributed by atoms with Crippen LogP contribution in [0.5, 0.6) is 0 Å². The number of hydrogen-bond donors (Lipinski definition) is 4. The highest BCUT2D eigenvalue weighted by Gasteiger charge is 2.27. The van der Waals surface area contributed by atoms with Gasteiger partial charge in [-0.2, -0.15) is 0 Å². The number of hydrogen-bond acceptors (Lipinski definition) is 10. The van der Waals surface area contributed by atoms with Gasteiger partial charge >= 0.3 is 0 Å². The van der Waals surface area contributed by atoms with Crippen molar-refractivity contribution >= 4 is 45.5 Å². The summed E-state index contributed by atoms with van der Waals surface area (Å²) in [7, 11) is 0. The molecule has 5 aliphatic rings. The van der Waals surface area contributed by atoms with Crippen molar-refractivity contribution in [1.29, 1.82) is 0 Å². The van der Waals surface area contributed by atoms with Crippen molar-refractivity contribution in [2.24, 2.45) is 0 Å². The van der Waals surface area contributed by atoms with Gasteiger partial charge in [0.15, 0.2) is 0 Å². The maximum Gasteiger partial charge on any atom is 0.0708 e. The number of nitrogens with zero attached hydrogens (tertiary/aromatic N) is 6. The van der Waals surface area contributed by atoms with E-state index in [2.05, 4.69) is 151 Å². The van der Waals surface area contributed by atoms with Crippen molar-refractivity contribution in [2.75, 3.05) is 81.8 Å². The Hall–Kier alpha value is -5.00. The van der Waals surface area contributed by atoms with Crippen LogP contribution in [0.25, 0.3) is 0 Å². The first-order valence-corrected chi connectivity index (χ1v) is 22.4. The van der Waals surface area contributed by atoms with Crippen molar-refractivity contribution in [2.45, 2.75) is 87.9 Å². The largest absolute Gasteiger partial charge is 0.393 e. The average molecular weight is 811 g/mol. The number of anilines is 8. The zero-order chi connectivity index (χ0) is 41.0. The molecule has 10 nitrogen and oxygen atoms in total. The van der Waals surface area contributed by atoms with E-state index in [-0.39, 0.29) is 36.5 Å². The lowest BCUT2D eigenvalue weighted by Gasteiger charge is -2.37. The van der Waals surface area contributed by atoms with E-state index in [1.807, 2.05) is 0 Å². The van der Waals surface area contributed by atoms with Crippen LogP contribution in [0.3, 0.4) is 0 Å². The Balaban J connectivity index is 0.999. The fourth-order valence-corrected chi connectivity index (χ4v) is 9.71. The molecule has 1 aliphatic carbocycles. The third kappa shape index (κ3) is 9.17. The summed E-state index contributed by atoms with van der Waals surface area (Å²) < 4.78 is 0. The molecular formula is C50H62N6O4. The smallest absolute Gasteiger partial charge is 0.0708 e. The van der Waals surface area contributed by atoms with Gasteiger partial charge in [0.05, 0.1) is 36.5 Å². The van der Waals surface area contributed by atoms with Gasteiger partial charge in [-0.1, -0.05) is 24.3 Å². The van der Waals surface area contributed by atoms with Gasteiger partial charge in [0.2, 0.25) is 0 Å². The van der Waals surface area contributed by atoms with Gasteiger partial charge in [0.25, 0.3) is 0 Å². The summed E-state index contributed by atoms with van der Waals surface area (Å²) in [5.74, 6) is 0. The number of aliphatic hydroxyl groups is 4. The molecule has 4 aromatic carbocycles. The van der Waals surface area contributed by atoms with Crippen LogP contribution < -0.4 is 29.4 Å².